The summed E-state index contributed by atoms with van der Waals surface area (Å²) >= 11 is 5.91. The van der Waals surface area contributed by atoms with Crippen molar-refractivity contribution < 1.29 is 9.59 Å². The Hall–Kier alpha value is -2.48. The van der Waals surface area contributed by atoms with E-state index >= 15 is 0 Å². The summed E-state index contributed by atoms with van der Waals surface area (Å²) in [6.45, 7) is 1.75. The van der Waals surface area contributed by atoms with Crippen LogP contribution in [0.1, 0.15) is 36.4 Å². The lowest BCUT2D eigenvalue weighted by molar-refractivity contribution is -0.137. The lowest BCUT2D eigenvalue weighted by Crippen LogP contribution is -2.51. The number of nitrogens with one attached hydrogen (secondary N) is 3. The molecule has 164 valence electrons. The number of hydrogen-bond donors (Lipinski definition) is 3. The van der Waals surface area contributed by atoms with E-state index in [2.05, 4.69) is 21.2 Å². The van der Waals surface area contributed by atoms with Crippen LogP contribution in [0.5, 0.6) is 0 Å². The summed E-state index contributed by atoms with van der Waals surface area (Å²) in [5, 5.41) is 3.74. The van der Waals surface area contributed by atoms with Gasteiger partial charge >= 0.3 is 0 Å². The molecule has 0 saturated carbocycles. The molecule has 31 heavy (non-hydrogen) atoms. The zero-order chi connectivity index (χ0) is 21.6. The Bertz CT molecular complexity index is 893. The molecule has 7 nitrogen and oxygen atoms in total. The van der Waals surface area contributed by atoms with Gasteiger partial charge in [0.25, 0.3) is 0 Å². The maximum atomic E-state index is 13.0. The molecule has 2 aliphatic heterocycles. The monoisotopic (exact) mass is 441 g/mol. The molecule has 3 atom stereocenters. The maximum Gasteiger partial charge on any atom is 0.241 e. The zero-order valence-corrected chi connectivity index (χ0v) is 18.1. The van der Waals surface area contributed by atoms with Gasteiger partial charge in [-0.05, 0) is 55.0 Å². The van der Waals surface area contributed by atoms with Gasteiger partial charge in [-0.25, -0.2) is 10.9 Å². The molecular weight excluding hydrogens is 414 g/mol. The largest absolute Gasteiger partial charge is 0.355 e. The maximum absolute atomic E-state index is 13.0. The van der Waals surface area contributed by atoms with Crippen LogP contribution in [0.2, 0.25) is 5.02 Å². The third-order valence-corrected chi connectivity index (χ3v) is 6.27. The second kappa shape index (κ2) is 10.2. The van der Waals surface area contributed by atoms with Crippen molar-refractivity contribution in [1.29, 1.82) is 0 Å². The van der Waals surface area contributed by atoms with Gasteiger partial charge in [0.2, 0.25) is 11.8 Å². The Morgan fingerprint density at radius 3 is 2.81 bits per heavy atom. The minimum atomic E-state index is -0.295. The molecule has 3 N–H and O–H groups in total. The molecule has 0 bridgehead atoms. The highest BCUT2D eigenvalue weighted by Gasteiger charge is 2.36. The summed E-state index contributed by atoms with van der Waals surface area (Å²) in [4.78, 5) is 31.7. The fraction of sp³-hybridized carbons (Fsp3) is 0.435. The number of hydrogen-bond acceptors (Lipinski definition) is 5. The average Bonchev–Trinajstić information content (AvgIpc) is 3.31. The number of piperidine rings is 1. The van der Waals surface area contributed by atoms with Gasteiger partial charge < -0.3 is 10.2 Å². The normalized spacial score (nSPS) is 23.5. The van der Waals surface area contributed by atoms with E-state index in [1.54, 1.807) is 6.20 Å². The molecule has 2 saturated heterocycles. The van der Waals surface area contributed by atoms with Gasteiger partial charge in [-0.3, -0.25) is 14.6 Å². The average molecular weight is 442 g/mol. The molecular formula is C23H28ClN5O2. The van der Waals surface area contributed by atoms with E-state index < -0.39 is 0 Å². The number of benzene rings is 1. The smallest absolute Gasteiger partial charge is 0.241 e. The van der Waals surface area contributed by atoms with E-state index in [1.165, 1.54) is 0 Å². The first-order valence-corrected chi connectivity index (χ1v) is 11.2. The number of nitrogens with zero attached hydrogens (tertiary/aromatic N) is 2. The van der Waals surface area contributed by atoms with Crippen LogP contribution in [0.4, 0.5) is 0 Å². The van der Waals surface area contributed by atoms with Crippen LogP contribution in [-0.2, 0) is 16.0 Å². The highest BCUT2D eigenvalue weighted by molar-refractivity contribution is 6.30. The van der Waals surface area contributed by atoms with Crippen LogP contribution in [0.25, 0.3) is 0 Å². The van der Waals surface area contributed by atoms with Crippen molar-refractivity contribution in [3.05, 3.63) is 64.9 Å². The van der Waals surface area contributed by atoms with Crippen LogP contribution in [0.3, 0.4) is 0 Å². The molecule has 2 fully saturated rings. The number of carbonyl (C=O) groups excluding carboxylic acids is 2. The van der Waals surface area contributed by atoms with Crippen molar-refractivity contribution in [3.8, 4) is 0 Å². The van der Waals surface area contributed by atoms with E-state index in [-0.39, 0.29) is 29.8 Å². The number of aromatic nitrogens is 1. The van der Waals surface area contributed by atoms with E-state index in [4.69, 9.17) is 11.6 Å². The van der Waals surface area contributed by atoms with Gasteiger partial charge in [0, 0.05) is 43.1 Å². The van der Waals surface area contributed by atoms with Gasteiger partial charge in [-0.2, -0.15) is 0 Å². The Labute approximate surface area is 187 Å². The summed E-state index contributed by atoms with van der Waals surface area (Å²) in [5.74, 6) is -0.0823. The van der Waals surface area contributed by atoms with Gasteiger partial charge in [0.15, 0.2) is 0 Å². The van der Waals surface area contributed by atoms with Crippen LogP contribution in [-0.4, -0.2) is 47.4 Å². The number of likely N-dealkylation sites (tertiary alicyclic amines) is 1. The Kier molecular flexibility index (Phi) is 7.17. The Morgan fingerprint density at radius 1 is 1.19 bits per heavy atom. The zero-order valence-electron chi connectivity index (χ0n) is 17.4. The summed E-state index contributed by atoms with van der Waals surface area (Å²) < 4.78 is 0. The van der Waals surface area contributed by atoms with Crippen molar-refractivity contribution in [2.24, 2.45) is 5.92 Å². The molecule has 4 rings (SSSR count). The molecule has 8 heteroatoms. The topological polar surface area (TPSA) is 86.4 Å². The van der Waals surface area contributed by atoms with Gasteiger partial charge in [-0.1, -0.05) is 29.8 Å². The second-order valence-corrected chi connectivity index (χ2v) is 8.64. The summed E-state index contributed by atoms with van der Waals surface area (Å²) in [5.41, 5.74) is 8.51. The Morgan fingerprint density at radius 2 is 2.03 bits per heavy atom. The number of pyridine rings is 1. The van der Waals surface area contributed by atoms with Crippen LogP contribution < -0.4 is 16.2 Å². The van der Waals surface area contributed by atoms with Crippen molar-refractivity contribution >= 4 is 23.4 Å². The summed E-state index contributed by atoms with van der Waals surface area (Å²) in [7, 11) is 0. The molecule has 3 heterocycles. The third-order valence-electron chi connectivity index (χ3n) is 6.02. The number of hydrazine groups is 1. The highest BCUT2D eigenvalue weighted by Crippen LogP contribution is 2.24. The van der Waals surface area contributed by atoms with Gasteiger partial charge in [-0.15, -0.1) is 0 Å². The first kappa shape index (κ1) is 21.7. The van der Waals surface area contributed by atoms with Gasteiger partial charge in [0.05, 0.1) is 5.92 Å². The predicted molar refractivity (Wildman–Crippen MR) is 119 cm³/mol. The standard InChI is InChI=1S/C23H28ClN5O2/c24-19-7-5-16(6-8-19)9-11-26-22(30)18-4-2-12-29(15-18)23(31)21-13-20(27-28-21)17-3-1-10-25-14-17/h1,3,5-8,10,14,18,20-21,27-28H,2,4,9,11-13,15H2,(H,26,30). The highest BCUT2D eigenvalue weighted by atomic mass is 35.5. The minimum Gasteiger partial charge on any atom is -0.355 e. The van der Waals surface area contributed by atoms with Crippen molar-refractivity contribution in [1.82, 2.24) is 26.1 Å². The van der Waals surface area contributed by atoms with E-state index in [9.17, 15) is 9.59 Å². The van der Waals surface area contributed by atoms with Crippen LogP contribution in [0.15, 0.2) is 48.8 Å². The third kappa shape index (κ3) is 5.61. The van der Waals surface area contributed by atoms with E-state index in [1.807, 2.05) is 47.5 Å². The molecule has 0 spiro atoms. The molecule has 0 aliphatic carbocycles. The number of halogens is 1. The quantitative estimate of drug-likeness (QED) is 0.640. The fourth-order valence-electron chi connectivity index (χ4n) is 4.26. The molecule has 2 aromatic rings. The molecule has 0 radical (unpaired) electrons. The molecule has 3 unspecified atom stereocenters. The van der Waals surface area contributed by atoms with Crippen molar-refractivity contribution in [2.75, 3.05) is 19.6 Å². The molecule has 1 aromatic heterocycles. The minimum absolute atomic E-state index is 0.0252. The number of amides is 2. The second-order valence-electron chi connectivity index (χ2n) is 8.21. The fourth-order valence-corrected chi connectivity index (χ4v) is 4.38. The van der Waals surface area contributed by atoms with E-state index in [0.29, 0.717) is 31.1 Å². The molecule has 2 amide bonds. The van der Waals surface area contributed by atoms with Crippen LogP contribution in [0, 0.1) is 5.92 Å². The van der Waals surface area contributed by atoms with Crippen molar-refractivity contribution in [2.45, 2.75) is 37.8 Å². The summed E-state index contributed by atoms with van der Waals surface area (Å²) in [6, 6.07) is 11.3. The predicted octanol–water partition coefficient (Wildman–Crippen LogP) is 2.24. The van der Waals surface area contributed by atoms with E-state index in [0.717, 1.165) is 30.4 Å². The SMILES string of the molecule is O=C(NCCc1ccc(Cl)cc1)C1CCCN(C(=O)C2CC(c3cccnc3)NN2)C1. The van der Waals surface area contributed by atoms with Gasteiger partial charge in [0.1, 0.15) is 6.04 Å². The van der Waals surface area contributed by atoms with Crippen molar-refractivity contribution in [3.63, 3.8) is 0 Å². The lowest BCUT2D eigenvalue weighted by Gasteiger charge is -2.33. The number of rotatable bonds is 6. The first-order valence-electron chi connectivity index (χ1n) is 10.8. The first-order chi connectivity index (χ1) is 15.1. The number of carbonyl (C=O) groups is 2. The lowest BCUT2D eigenvalue weighted by atomic mass is 9.95. The Balaban J connectivity index is 1.25. The molecule has 1 aromatic carbocycles. The van der Waals surface area contributed by atoms with Crippen LogP contribution >= 0.6 is 11.6 Å². The molecule has 2 aliphatic rings. The summed E-state index contributed by atoms with van der Waals surface area (Å²) in [6.07, 6.45) is 6.63.